The third kappa shape index (κ3) is 6.30. The number of thioether (sulfide) groups is 1. The van der Waals surface area contributed by atoms with Crippen LogP contribution in [0.3, 0.4) is 0 Å². The molecule has 152 valence electrons. The Hall–Kier alpha value is -1.95. The van der Waals surface area contributed by atoms with E-state index >= 15 is 0 Å². The highest BCUT2D eigenvalue weighted by Gasteiger charge is 2.24. The standard InChI is InChI=1S/C22H33N5S/c1-3-23-22(25-12-7-8-14-26-16-13-24-19(26)2)27-15-11-20(17-27)18-28-21-9-5-4-6-10-21/h4-6,9-10,13,16,20H,3,7-8,11-12,14-15,17-18H2,1-2H3,(H,23,25). The average molecular weight is 400 g/mol. The molecule has 1 aliphatic rings. The van der Waals surface area contributed by atoms with Crippen molar-refractivity contribution in [1.82, 2.24) is 19.8 Å². The number of nitrogens with one attached hydrogen (secondary N) is 1. The number of aryl methyl sites for hydroxylation is 2. The quantitative estimate of drug-likeness (QED) is 0.299. The molecule has 5 nitrogen and oxygen atoms in total. The maximum absolute atomic E-state index is 4.89. The van der Waals surface area contributed by atoms with Gasteiger partial charge in [0, 0.05) is 55.8 Å². The second-order valence-corrected chi connectivity index (χ2v) is 8.43. The third-order valence-electron chi connectivity index (χ3n) is 5.14. The Kier molecular flexibility index (Phi) is 8.27. The summed E-state index contributed by atoms with van der Waals surface area (Å²) in [7, 11) is 0. The Balaban J connectivity index is 1.41. The molecular weight excluding hydrogens is 366 g/mol. The number of unbranched alkanes of at least 4 members (excludes halogenated alkanes) is 1. The first-order valence-corrected chi connectivity index (χ1v) is 11.4. The lowest BCUT2D eigenvalue weighted by atomic mass is 10.2. The van der Waals surface area contributed by atoms with Crippen LogP contribution in [0.5, 0.6) is 0 Å². The number of nitrogens with zero attached hydrogens (tertiary/aromatic N) is 4. The molecule has 28 heavy (non-hydrogen) atoms. The molecule has 0 spiro atoms. The number of hydrogen-bond donors (Lipinski definition) is 1. The molecule has 0 bridgehead atoms. The molecule has 2 heterocycles. The normalized spacial score (nSPS) is 17.3. The molecule has 1 aliphatic heterocycles. The highest BCUT2D eigenvalue weighted by molar-refractivity contribution is 7.99. The lowest BCUT2D eigenvalue weighted by molar-refractivity contribution is 0.473. The van der Waals surface area contributed by atoms with Gasteiger partial charge in [-0.05, 0) is 51.2 Å². The summed E-state index contributed by atoms with van der Waals surface area (Å²) in [6, 6.07) is 10.7. The summed E-state index contributed by atoms with van der Waals surface area (Å²) in [4.78, 5) is 13.0. The van der Waals surface area contributed by atoms with Crippen molar-refractivity contribution < 1.29 is 0 Å². The van der Waals surface area contributed by atoms with Crippen molar-refractivity contribution in [3.8, 4) is 0 Å². The second-order valence-electron chi connectivity index (χ2n) is 7.34. The molecule has 6 heteroatoms. The molecule has 0 amide bonds. The lowest BCUT2D eigenvalue weighted by Gasteiger charge is -2.21. The van der Waals surface area contributed by atoms with E-state index in [1.165, 1.54) is 17.1 Å². The van der Waals surface area contributed by atoms with Crippen molar-refractivity contribution in [3.63, 3.8) is 0 Å². The zero-order valence-corrected chi connectivity index (χ0v) is 18.0. The van der Waals surface area contributed by atoms with Gasteiger partial charge in [-0.15, -0.1) is 11.8 Å². The van der Waals surface area contributed by atoms with Crippen LogP contribution in [0.4, 0.5) is 0 Å². The van der Waals surface area contributed by atoms with Crippen molar-refractivity contribution in [3.05, 3.63) is 48.5 Å². The van der Waals surface area contributed by atoms with Gasteiger partial charge in [-0.2, -0.15) is 0 Å². The summed E-state index contributed by atoms with van der Waals surface area (Å²) in [5.41, 5.74) is 0. The first-order chi connectivity index (χ1) is 13.8. The molecule has 0 saturated carbocycles. The zero-order chi connectivity index (χ0) is 19.6. The number of likely N-dealkylation sites (tertiary alicyclic amines) is 1. The van der Waals surface area contributed by atoms with Crippen molar-refractivity contribution >= 4 is 17.7 Å². The fourth-order valence-electron chi connectivity index (χ4n) is 3.54. The van der Waals surface area contributed by atoms with Crippen molar-refractivity contribution in [2.24, 2.45) is 10.9 Å². The number of imidazole rings is 1. The predicted molar refractivity (Wildman–Crippen MR) is 119 cm³/mol. The van der Waals surface area contributed by atoms with Gasteiger partial charge in [0.15, 0.2) is 5.96 Å². The number of benzene rings is 1. The maximum atomic E-state index is 4.89. The largest absolute Gasteiger partial charge is 0.357 e. The van der Waals surface area contributed by atoms with Crippen molar-refractivity contribution in [2.75, 3.05) is 31.9 Å². The Bertz CT molecular complexity index is 728. The van der Waals surface area contributed by atoms with Crippen LogP contribution in [0.1, 0.15) is 32.0 Å². The van der Waals surface area contributed by atoms with Gasteiger partial charge in [-0.3, -0.25) is 4.99 Å². The fraction of sp³-hybridized carbons (Fsp3) is 0.545. The van der Waals surface area contributed by atoms with Gasteiger partial charge in [-0.1, -0.05) is 18.2 Å². The van der Waals surface area contributed by atoms with Crippen LogP contribution < -0.4 is 5.32 Å². The molecule has 1 unspecified atom stereocenters. The minimum Gasteiger partial charge on any atom is -0.357 e. The summed E-state index contributed by atoms with van der Waals surface area (Å²) >= 11 is 1.97. The summed E-state index contributed by atoms with van der Waals surface area (Å²) < 4.78 is 2.21. The summed E-state index contributed by atoms with van der Waals surface area (Å²) in [6.07, 6.45) is 7.42. The molecule has 3 rings (SSSR count). The molecule has 0 aliphatic carbocycles. The van der Waals surface area contributed by atoms with Crippen LogP contribution in [0.15, 0.2) is 52.6 Å². The molecule has 1 fully saturated rings. The predicted octanol–water partition coefficient (Wildman–Crippen LogP) is 4.05. The van der Waals surface area contributed by atoms with Gasteiger partial charge in [-0.25, -0.2) is 4.98 Å². The third-order valence-corrected chi connectivity index (χ3v) is 6.39. The average Bonchev–Trinajstić information content (AvgIpc) is 3.35. The Morgan fingerprint density at radius 2 is 2.14 bits per heavy atom. The van der Waals surface area contributed by atoms with E-state index in [0.717, 1.165) is 63.3 Å². The smallest absolute Gasteiger partial charge is 0.193 e. The number of aromatic nitrogens is 2. The van der Waals surface area contributed by atoms with Crippen LogP contribution in [-0.2, 0) is 6.54 Å². The molecule has 1 aromatic carbocycles. The first-order valence-electron chi connectivity index (χ1n) is 10.4. The van der Waals surface area contributed by atoms with Crippen LogP contribution >= 0.6 is 11.8 Å². The van der Waals surface area contributed by atoms with Crippen LogP contribution in [0.25, 0.3) is 0 Å². The minimum atomic E-state index is 0.735. The zero-order valence-electron chi connectivity index (χ0n) is 17.2. The molecule has 1 atom stereocenters. The monoisotopic (exact) mass is 399 g/mol. The minimum absolute atomic E-state index is 0.735. The van der Waals surface area contributed by atoms with Crippen molar-refractivity contribution in [2.45, 2.75) is 44.6 Å². The van der Waals surface area contributed by atoms with E-state index in [1.54, 1.807) is 0 Å². The number of rotatable bonds is 9. The topological polar surface area (TPSA) is 45.5 Å². The highest BCUT2D eigenvalue weighted by Crippen LogP contribution is 2.25. The van der Waals surface area contributed by atoms with E-state index in [-0.39, 0.29) is 0 Å². The number of guanidine groups is 1. The van der Waals surface area contributed by atoms with Gasteiger partial charge in [0.2, 0.25) is 0 Å². The molecule has 0 radical (unpaired) electrons. The fourth-order valence-corrected chi connectivity index (χ4v) is 4.59. The van der Waals surface area contributed by atoms with E-state index in [0.29, 0.717) is 0 Å². The summed E-state index contributed by atoms with van der Waals surface area (Å²) in [5, 5.41) is 3.49. The second kappa shape index (κ2) is 11.1. The highest BCUT2D eigenvalue weighted by atomic mass is 32.2. The Labute approximate surface area is 173 Å². The molecule has 1 saturated heterocycles. The van der Waals surface area contributed by atoms with Gasteiger partial charge < -0.3 is 14.8 Å². The van der Waals surface area contributed by atoms with Gasteiger partial charge in [0.25, 0.3) is 0 Å². The SMILES string of the molecule is CCNC(=NCCCCn1ccnc1C)N1CCC(CSc2ccccc2)C1. The van der Waals surface area contributed by atoms with E-state index in [4.69, 9.17) is 4.99 Å². The molecular formula is C22H33N5S. The first kappa shape index (κ1) is 20.8. The number of hydrogen-bond acceptors (Lipinski definition) is 3. The van der Waals surface area contributed by atoms with E-state index in [2.05, 4.69) is 70.1 Å². The van der Waals surface area contributed by atoms with Gasteiger partial charge in [0.05, 0.1) is 0 Å². The van der Waals surface area contributed by atoms with Crippen molar-refractivity contribution in [1.29, 1.82) is 0 Å². The van der Waals surface area contributed by atoms with Crippen LogP contribution in [-0.4, -0.2) is 52.3 Å². The van der Waals surface area contributed by atoms with E-state index in [1.807, 2.05) is 18.0 Å². The molecule has 1 N–H and O–H groups in total. The Morgan fingerprint density at radius 1 is 1.29 bits per heavy atom. The maximum Gasteiger partial charge on any atom is 0.193 e. The molecule has 1 aromatic heterocycles. The summed E-state index contributed by atoms with van der Waals surface area (Å²) in [6.45, 7) is 9.26. The van der Waals surface area contributed by atoms with E-state index < -0.39 is 0 Å². The Morgan fingerprint density at radius 3 is 2.89 bits per heavy atom. The van der Waals surface area contributed by atoms with Crippen LogP contribution in [0, 0.1) is 12.8 Å². The number of aliphatic imine (C=N–C) groups is 1. The van der Waals surface area contributed by atoms with E-state index in [9.17, 15) is 0 Å². The molecule has 2 aromatic rings. The van der Waals surface area contributed by atoms with Crippen LogP contribution in [0.2, 0.25) is 0 Å². The van der Waals surface area contributed by atoms with Gasteiger partial charge >= 0.3 is 0 Å². The lowest BCUT2D eigenvalue weighted by Crippen LogP contribution is -2.40. The van der Waals surface area contributed by atoms with Gasteiger partial charge in [0.1, 0.15) is 5.82 Å². The summed E-state index contributed by atoms with van der Waals surface area (Å²) in [5.74, 6) is 4.10.